The maximum atomic E-state index is 10.3. The van der Waals surface area contributed by atoms with Gasteiger partial charge in [0.25, 0.3) is 0 Å². The summed E-state index contributed by atoms with van der Waals surface area (Å²) in [6.07, 6.45) is -0.485. The molecule has 27 heavy (non-hydrogen) atoms. The molecule has 0 aromatic heterocycles. The Balaban J connectivity index is 1.41. The average molecular weight is 370 g/mol. The summed E-state index contributed by atoms with van der Waals surface area (Å²) < 4.78 is 11.3. The van der Waals surface area contributed by atoms with Crippen molar-refractivity contribution in [2.75, 3.05) is 50.8 Å². The number of para-hydroxylation sites is 1. The number of anilines is 1. The van der Waals surface area contributed by atoms with Crippen LogP contribution in [0, 0.1) is 6.92 Å². The van der Waals surface area contributed by atoms with Gasteiger partial charge >= 0.3 is 0 Å². The van der Waals surface area contributed by atoms with Gasteiger partial charge in [-0.25, -0.2) is 0 Å². The monoisotopic (exact) mass is 370 g/mol. The molecule has 1 heterocycles. The summed E-state index contributed by atoms with van der Waals surface area (Å²) in [6, 6.07) is 16.2. The molecule has 1 aliphatic rings. The molecule has 2 aromatic rings. The maximum Gasteiger partial charge on any atom is 0.122 e. The number of aliphatic hydroxyl groups is 1. The van der Waals surface area contributed by atoms with Gasteiger partial charge in [0.2, 0.25) is 0 Å². The third kappa shape index (κ3) is 5.62. The van der Waals surface area contributed by atoms with E-state index in [2.05, 4.69) is 21.9 Å². The van der Waals surface area contributed by atoms with Gasteiger partial charge in [0.15, 0.2) is 0 Å². The molecule has 1 fully saturated rings. The van der Waals surface area contributed by atoms with Crippen LogP contribution < -0.4 is 14.4 Å². The first-order valence-electron chi connectivity index (χ1n) is 9.72. The summed E-state index contributed by atoms with van der Waals surface area (Å²) in [5.74, 6) is 1.76. The highest BCUT2D eigenvalue weighted by atomic mass is 16.5. The molecule has 0 spiro atoms. The zero-order valence-corrected chi connectivity index (χ0v) is 16.3. The lowest BCUT2D eigenvalue weighted by atomic mass is 10.2. The zero-order chi connectivity index (χ0) is 19.1. The predicted molar refractivity (Wildman–Crippen MR) is 109 cm³/mol. The molecule has 0 bridgehead atoms. The first-order valence-corrected chi connectivity index (χ1v) is 9.72. The van der Waals surface area contributed by atoms with E-state index in [9.17, 15) is 5.11 Å². The van der Waals surface area contributed by atoms with Crippen molar-refractivity contribution in [1.29, 1.82) is 0 Å². The molecule has 0 amide bonds. The van der Waals surface area contributed by atoms with Gasteiger partial charge in [-0.3, -0.25) is 4.90 Å². The fourth-order valence-corrected chi connectivity index (χ4v) is 3.36. The minimum absolute atomic E-state index is 0.323. The standard InChI is InChI=1S/C22H30N2O3/c1-3-26-21-10-8-19(9-11-21)24-14-12-23(13-15-24)16-20(25)17-27-22-7-5-4-6-18(22)2/h4-11,20,25H,3,12-17H2,1-2H3. The molecule has 146 valence electrons. The van der Waals surface area contributed by atoms with Gasteiger partial charge in [-0.05, 0) is 49.7 Å². The number of benzene rings is 2. The van der Waals surface area contributed by atoms with Crippen LogP contribution in [0.15, 0.2) is 48.5 Å². The number of rotatable bonds is 8. The quantitative estimate of drug-likeness (QED) is 0.774. The number of ether oxygens (including phenoxy) is 2. The molecule has 0 aliphatic carbocycles. The van der Waals surface area contributed by atoms with Crippen LogP contribution in [0.3, 0.4) is 0 Å². The summed E-state index contributed by atoms with van der Waals surface area (Å²) >= 11 is 0. The van der Waals surface area contributed by atoms with Crippen molar-refractivity contribution in [3.05, 3.63) is 54.1 Å². The van der Waals surface area contributed by atoms with Gasteiger partial charge in [-0.15, -0.1) is 0 Å². The third-order valence-corrected chi connectivity index (χ3v) is 4.88. The molecular formula is C22H30N2O3. The number of nitrogens with zero attached hydrogens (tertiary/aromatic N) is 2. The van der Waals surface area contributed by atoms with Crippen molar-refractivity contribution >= 4 is 5.69 Å². The maximum absolute atomic E-state index is 10.3. The molecule has 2 aromatic carbocycles. The molecule has 5 nitrogen and oxygen atoms in total. The molecule has 5 heteroatoms. The van der Waals surface area contributed by atoms with Crippen LogP contribution in [0.25, 0.3) is 0 Å². The Labute approximate surface area is 162 Å². The van der Waals surface area contributed by atoms with E-state index in [1.165, 1.54) is 5.69 Å². The fourth-order valence-electron chi connectivity index (χ4n) is 3.36. The van der Waals surface area contributed by atoms with E-state index in [0.29, 0.717) is 19.8 Å². The van der Waals surface area contributed by atoms with Gasteiger partial charge in [-0.1, -0.05) is 18.2 Å². The lowest BCUT2D eigenvalue weighted by Crippen LogP contribution is -2.49. The Bertz CT molecular complexity index is 697. The van der Waals surface area contributed by atoms with Crippen molar-refractivity contribution in [2.45, 2.75) is 20.0 Å². The number of hydrogen-bond donors (Lipinski definition) is 1. The van der Waals surface area contributed by atoms with Crippen LogP contribution in [0.4, 0.5) is 5.69 Å². The number of aryl methyl sites for hydroxylation is 1. The Hall–Kier alpha value is -2.24. The van der Waals surface area contributed by atoms with Gasteiger partial charge in [-0.2, -0.15) is 0 Å². The molecular weight excluding hydrogens is 340 g/mol. The Morgan fingerprint density at radius 3 is 2.33 bits per heavy atom. The first kappa shape index (κ1) is 19.5. The second-order valence-electron chi connectivity index (χ2n) is 6.94. The molecule has 1 atom stereocenters. The topological polar surface area (TPSA) is 45.2 Å². The summed E-state index contributed by atoms with van der Waals surface area (Å²) in [6.45, 7) is 9.46. The summed E-state index contributed by atoms with van der Waals surface area (Å²) in [5.41, 5.74) is 2.32. The van der Waals surface area contributed by atoms with Crippen LogP contribution in [0.5, 0.6) is 11.5 Å². The highest BCUT2D eigenvalue weighted by Crippen LogP contribution is 2.21. The van der Waals surface area contributed by atoms with Gasteiger partial charge in [0.1, 0.15) is 24.2 Å². The molecule has 1 saturated heterocycles. The van der Waals surface area contributed by atoms with Crippen LogP contribution in [0.1, 0.15) is 12.5 Å². The number of β-amino-alcohol motifs (C(OH)–C–C–N with tert-alkyl or cyclic N) is 1. The lowest BCUT2D eigenvalue weighted by molar-refractivity contribution is 0.0661. The lowest BCUT2D eigenvalue weighted by Gasteiger charge is -2.36. The molecule has 1 aliphatic heterocycles. The van der Waals surface area contributed by atoms with Crippen LogP contribution in [0.2, 0.25) is 0 Å². The van der Waals surface area contributed by atoms with Crippen molar-refractivity contribution < 1.29 is 14.6 Å². The predicted octanol–water partition coefficient (Wildman–Crippen LogP) is 2.96. The number of piperazine rings is 1. The summed E-state index contributed by atoms with van der Waals surface area (Å²) in [4.78, 5) is 4.68. The fraction of sp³-hybridized carbons (Fsp3) is 0.455. The van der Waals surface area contributed by atoms with E-state index < -0.39 is 6.10 Å². The number of hydrogen-bond acceptors (Lipinski definition) is 5. The highest BCUT2D eigenvalue weighted by Gasteiger charge is 2.20. The minimum Gasteiger partial charge on any atom is -0.494 e. The van der Waals surface area contributed by atoms with Gasteiger partial charge in [0.05, 0.1) is 6.61 Å². The summed E-state index contributed by atoms with van der Waals surface area (Å²) in [5, 5.41) is 10.3. The van der Waals surface area contributed by atoms with Crippen LogP contribution in [-0.4, -0.2) is 62.0 Å². The van der Waals surface area contributed by atoms with E-state index in [1.807, 2.05) is 50.2 Å². The van der Waals surface area contributed by atoms with E-state index in [1.54, 1.807) is 0 Å². The number of aliphatic hydroxyl groups excluding tert-OH is 1. The van der Waals surface area contributed by atoms with E-state index in [0.717, 1.165) is 43.2 Å². The third-order valence-electron chi connectivity index (χ3n) is 4.88. The Kier molecular flexibility index (Phi) is 6.96. The second kappa shape index (κ2) is 9.62. The smallest absolute Gasteiger partial charge is 0.122 e. The molecule has 0 saturated carbocycles. The van der Waals surface area contributed by atoms with Gasteiger partial charge in [0, 0.05) is 38.4 Å². The average Bonchev–Trinajstić information content (AvgIpc) is 2.69. The normalized spacial score (nSPS) is 16.2. The highest BCUT2D eigenvalue weighted by molar-refractivity contribution is 5.49. The zero-order valence-electron chi connectivity index (χ0n) is 16.3. The molecule has 1 N–H and O–H groups in total. The second-order valence-corrected chi connectivity index (χ2v) is 6.94. The van der Waals surface area contributed by atoms with E-state index in [4.69, 9.17) is 9.47 Å². The van der Waals surface area contributed by atoms with Gasteiger partial charge < -0.3 is 19.5 Å². The SMILES string of the molecule is CCOc1ccc(N2CCN(CC(O)COc3ccccc3C)CC2)cc1. The molecule has 3 rings (SSSR count). The largest absolute Gasteiger partial charge is 0.494 e. The summed E-state index contributed by atoms with van der Waals surface area (Å²) in [7, 11) is 0. The van der Waals surface area contributed by atoms with Crippen molar-refractivity contribution in [3.63, 3.8) is 0 Å². The molecule has 1 unspecified atom stereocenters. The van der Waals surface area contributed by atoms with Crippen molar-refractivity contribution in [3.8, 4) is 11.5 Å². The van der Waals surface area contributed by atoms with Crippen LogP contribution >= 0.6 is 0 Å². The van der Waals surface area contributed by atoms with Crippen molar-refractivity contribution in [2.24, 2.45) is 0 Å². The Morgan fingerprint density at radius 2 is 1.67 bits per heavy atom. The molecule has 0 radical (unpaired) electrons. The van der Waals surface area contributed by atoms with E-state index in [-0.39, 0.29) is 0 Å². The van der Waals surface area contributed by atoms with E-state index >= 15 is 0 Å². The first-order chi connectivity index (χ1) is 13.2. The van der Waals surface area contributed by atoms with Crippen molar-refractivity contribution in [1.82, 2.24) is 4.90 Å². The minimum atomic E-state index is -0.485. The van der Waals surface area contributed by atoms with Crippen LogP contribution in [-0.2, 0) is 0 Å². The Morgan fingerprint density at radius 1 is 0.963 bits per heavy atom.